The second-order valence-electron chi connectivity index (χ2n) is 4.55. The van der Waals surface area contributed by atoms with Gasteiger partial charge in [-0.3, -0.25) is 4.79 Å². The summed E-state index contributed by atoms with van der Waals surface area (Å²) in [5.74, 6) is -0.618. The number of nitrogens with zero attached hydrogens (tertiary/aromatic N) is 2. The number of hydrogen-bond acceptors (Lipinski definition) is 3. The maximum atomic E-state index is 12.8. The molecule has 21 heavy (non-hydrogen) atoms. The molecule has 6 heteroatoms. The molecule has 0 aliphatic carbocycles. The van der Waals surface area contributed by atoms with Crippen LogP contribution in [0.1, 0.15) is 16.1 Å². The third-order valence-electron chi connectivity index (χ3n) is 3.05. The fourth-order valence-corrected chi connectivity index (χ4v) is 2.01. The van der Waals surface area contributed by atoms with Crippen molar-refractivity contribution in [1.82, 2.24) is 14.7 Å². The van der Waals surface area contributed by atoms with Crippen LogP contribution in [0.25, 0.3) is 5.65 Å². The normalized spacial score (nSPS) is 10.7. The van der Waals surface area contributed by atoms with Crippen LogP contribution in [0.3, 0.4) is 0 Å². The van der Waals surface area contributed by atoms with Crippen LogP contribution < -0.4 is 5.32 Å². The Morgan fingerprint density at radius 2 is 2.05 bits per heavy atom. The number of carbonyl (C=O) groups excluding carboxylic acids is 1. The van der Waals surface area contributed by atoms with Gasteiger partial charge in [0.15, 0.2) is 11.4 Å². The first-order valence-electron chi connectivity index (χ1n) is 6.33. The number of aromatic nitrogens is 2. The highest BCUT2D eigenvalue weighted by molar-refractivity contribution is 5.94. The maximum Gasteiger partial charge on any atom is 0.251 e. The number of imidazole rings is 1. The third kappa shape index (κ3) is 2.69. The fourth-order valence-electron chi connectivity index (χ4n) is 2.01. The number of amides is 1. The number of rotatable bonds is 3. The topological polar surface area (TPSA) is 66.6 Å². The summed E-state index contributed by atoms with van der Waals surface area (Å²) in [4.78, 5) is 16.1. The molecule has 3 rings (SSSR count). The number of nitrogens with one attached hydrogen (secondary N) is 1. The zero-order valence-corrected chi connectivity index (χ0v) is 11.0. The van der Waals surface area contributed by atoms with E-state index in [9.17, 15) is 14.3 Å². The minimum atomic E-state index is -0.387. The molecule has 2 aromatic heterocycles. The van der Waals surface area contributed by atoms with Crippen LogP contribution in [0.2, 0.25) is 0 Å². The van der Waals surface area contributed by atoms with Gasteiger partial charge in [-0.1, -0.05) is 0 Å². The molecule has 2 heterocycles. The molecular weight excluding hydrogens is 273 g/mol. The van der Waals surface area contributed by atoms with E-state index >= 15 is 0 Å². The fraction of sp³-hybridized carbons (Fsp3) is 0.0667. The highest BCUT2D eigenvalue weighted by atomic mass is 19.1. The molecule has 1 aromatic carbocycles. The van der Waals surface area contributed by atoms with Crippen LogP contribution in [-0.2, 0) is 6.54 Å². The summed E-state index contributed by atoms with van der Waals surface area (Å²) in [6.07, 6.45) is 3.48. The Labute approximate surface area is 119 Å². The lowest BCUT2D eigenvalue weighted by molar-refractivity contribution is 0.0950. The predicted molar refractivity (Wildman–Crippen MR) is 74.4 cm³/mol. The van der Waals surface area contributed by atoms with Crippen LogP contribution in [0.4, 0.5) is 4.39 Å². The quantitative estimate of drug-likeness (QED) is 0.774. The zero-order chi connectivity index (χ0) is 14.8. The number of halogens is 1. The van der Waals surface area contributed by atoms with Crippen molar-refractivity contribution >= 4 is 11.6 Å². The first-order chi connectivity index (χ1) is 10.1. The minimum absolute atomic E-state index is 0.0774. The molecule has 3 aromatic rings. The Bertz CT molecular complexity index is 796. The summed E-state index contributed by atoms with van der Waals surface area (Å²) < 4.78 is 14.5. The molecule has 0 atom stereocenters. The molecule has 106 valence electrons. The monoisotopic (exact) mass is 285 g/mol. The van der Waals surface area contributed by atoms with Gasteiger partial charge in [0.1, 0.15) is 5.82 Å². The zero-order valence-electron chi connectivity index (χ0n) is 11.0. The van der Waals surface area contributed by atoms with Gasteiger partial charge in [-0.25, -0.2) is 9.37 Å². The molecule has 0 aliphatic rings. The Morgan fingerprint density at radius 3 is 2.76 bits per heavy atom. The van der Waals surface area contributed by atoms with Gasteiger partial charge in [0.05, 0.1) is 12.2 Å². The first-order valence-corrected chi connectivity index (χ1v) is 6.33. The highest BCUT2D eigenvalue weighted by Gasteiger charge is 2.08. The molecule has 5 nitrogen and oxygen atoms in total. The lowest BCUT2D eigenvalue weighted by Crippen LogP contribution is -2.22. The van der Waals surface area contributed by atoms with E-state index in [0.29, 0.717) is 16.9 Å². The van der Waals surface area contributed by atoms with Gasteiger partial charge in [0, 0.05) is 18.0 Å². The molecular formula is C15H12FN3O2. The second-order valence-corrected chi connectivity index (χ2v) is 4.55. The Kier molecular flexibility index (Phi) is 3.27. The molecule has 0 fully saturated rings. The van der Waals surface area contributed by atoms with Crippen molar-refractivity contribution in [3.8, 4) is 5.75 Å². The van der Waals surface area contributed by atoms with E-state index in [2.05, 4.69) is 10.3 Å². The number of carbonyl (C=O) groups is 1. The molecule has 0 spiro atoms. The third-order valence-corrected chi connectivity index (χ3v) is 3.05. The molecule has 0 saturated carbocycles. The van der Waals surface area contributed by atoms with Crippen LogP contribution in [-0.4, -0.2) is 20.4 Å². The lowest BCUT2D eigenvalue weighted by Gasteiger charge is -2.02. The molecule has 0 radical (unpaired) electrons. The van der Waals surface area contributed by atoms with E-state index in [1.807, 2.05) is 0 Å². The van der Waals surface area contributed by atoms with Gasteiger partial charge < -0.3 is 14.8 Å². The van der Waals surface area contributed by atoms with E-state index in [4.69, 9.17) is 0 Å². The van der Waals surface area contributed by atoms with E-state index in [1.54, 1.807) is 28.9 Å². The first kappa shape index (κ1) is 13.1. The second kappa shape index (κ2) is 5.24. The average molecular weight is 285 g/mol. The summed E-state index contributed by atoms with van der Waals surface area (Å²) in [6.45, 7) is 0.220. The minimum Gasteiger partial charge on any atom is -0.504 e. The van der Waals surface area contributed by atoms with Gasteiger partial charge in [0.2, 0.25) is 0 Å². The van der Waals surface area contributed by atoms with E-state index in [0.717, 1.165) is 0 Å². The largest absolute Gasteiger partial charge is 0.504 e. The molecule has 0 aliphatic heterocycles. The van der Waals surface area contributed by atoms with Crippen LogP contribution in [0.5, 0.6) is 5.75 Å². The summed E-state index contributed by atoms with van der Waals surface area (Å²) in [7, 11) is 0. The van der Waals surface area contributed by atoms with Crippen LogP contribution >= 0.6 is 0 Å². The van der Waals surface area contributed by atoms with Crippen molar-refractivity contribution in [2.45, 2.75) is 6.54 Å². The Morgan fingerprint density at radius 1 is 1.29 bits per heavy atom. The Hall–Kier alpha value is -2.89. The van der Waals surface area contributed by atoms with Crippen molar-refractivity contribution in [3.63, 3.8) is 0 Å². The number of aromatic hydroxyl groups is 1. The van der Waals surface area contributed by atoms with Crippen molar-refractivity contribution in [1.29, 1.82) is 0 Å². The van der Waals surface area contributed by atoms with Gasteiger partial charge in [-0.2, -0.15) is 0 Å². The van der Waals surface area contributed by atoms with E-state index < -0.39 is 0 Å². The number of pyridine rings is 1. The van der Waals surface area contributed by atoms with Gasteiger partial charge in [0.25, 0.3) is 5.91 Å². The SMILES string of the molecule is O=C(NCc1cn2cccc(O)c2n1)c1ccc(F)cc1. The number of hydrogen-bond donors (Lipinski definition) is 2. The summed E-state index contributed by atoms with van der Waals surface area (Å²) in [6, 6.07) is 8.55. The van der Waals surface area contributed by atoms with Crippen molar-refractivity contribution in [2.24, 2.45) is 0 Å². The van der Waals surface area contributed by atoms with Gasteiger partial charge in [-0.05, 0) is 36.4 Å². The Balaban J connectivity index is 1.72. The van der Waals surface area contributed by atoms with Gasteiger partial charge in [-0.15, -0.1) is 0 Å². The van der Waals surface area contributed by atoms with Crippen molar-refractivity contribution in [3.05, 3.63) is 65.9 Å². The molecule has 2 N–H and O–H groups in total. The molecule has 0 unspecified atom stereocenters. The van der Waals surface area contributed by atoms with E-state index in [1.165, 1.54) is 24.3 Å². The highest BCUT2D eigenvalue weighted by Crippen LogP contribution is 2.16. The smallest absolute Gasteiger partial charge is 0.251 e. The van der Waals surface area contributed by atoms with Crippen LogP contribution in [0.15, 0.2) is 48.8 Å². The summed E-state index contributed by atoms with van der Waals surface area (Å²) >= 11 is 0. The molecule has 0 saturated heterocycles. The lowest BCUT2D eigenvalue weighted by atomic mass is 10.2. The van der Waals surface area contributed by atoms with E-state index in [-0.39, 0.29) is 24.0 Å². The average Bonchev–Trinajstić information content (AvgIpc) is 2.90. The van der Waals surface area contributed by atoms with Gasteiger partial charge >= 0.3 is 0 Å². The van der Waals surface area contributed by atoms with Crippen molar-refractivity contribution in [2.75, 3.05) is 0 Å². The number of benzene rings is 1. The predicted octanol–water partition coefficient (Wildman–Crippen LogP) is 2.11. The maximum absolute atomic E-state index is 12.8. The number of fused-ring (bicyclic) bond motifs is 1. The molecule has 1 amide bonds. The summed E-state index contributed by atoms with van der Waals surface area (Å²) in [5.41, 5.74) is 1.43. The van der Waals surface area contributed by atoms with Crippen LogP contribution in [0, 0.1) is 5.82 Å². The molecule has 0 bridgehead atoms. The standard InChI is InChI=1S/C15H12FN3O2/c16-11-5-3-10(4-6-11)15(21)17-8-12-9-19-7-1-2-13(20)14(19)18-12/h1-7,9,20H,8H2,(H,17,21). The van der Waals surface area contributed by atoms with Crippen molar-refractivity contribution < 1.29 is 14.3 Å². The summed E-state index contributed by atoms with van der Waals surface area (Å²) in [5, 5.41) is 12.4.